The maximum Gasteiger partial charge on any atom is 0.195 e. The first kappa shape index (κ1) is 16.3. The molecular formula is C16H22N4O2S. The molecule has 1 unspecified atom stereocenters. The van der Waals surface area contributed by atoms with E-state index in [0.717, 1.165) is 47.8 Å². The summed E-state index contributed by atoms with van der Waals surface area (Å²) in [6.45, 7) is 2.14. The zero-order chi connectivity index (χ0) is 16.1. The zero-order valence-corrected chi connectivity index (χ0v) is 14.1. The fourth-order valence-corrected chi connectivity index (χ4v) is 3.72. The monoisotopic (exact) mass is 334 g/mol. The Morgan fingerprint density at radius 3 is 2.83 bits per heavy atom. The number of benzene rings is 1. The highest BCUT2D eigenvalue weighted by atomic mass is 32.2. The molecule has 124 valence electrons. The highest BCUT2D eigenvalue weighted by molar-refractivity contribution is 7.99. The lowest BCUT2D eigenvalue weighted by molar-refractivity contribution is 0.185. The summed E-state index contributed by atoms with van der Waals surface area (Å²) in [5.41, 5.74) is 6.81. The first-order chi connectivity index (χ1) is 11.3. The fraction of sp³-hybridized carbons (Fsp3) is 0.500. The van der Waals surface area contributed by atoms with Crippen LogP contribution in [0.5, 0.6) is 5.75 Å². The quantitative estimate of drug-likeness (QED) is 0.783. The van der Waals surface area contributed by atoms with Crippen molar-refractivity contribution in [3.8, 4) is 11.4 Å². The van der Waals surface area contributed by atoms with E-state index in [1.807, 2.05) is 28.8 Å². The average Bonchev–Trinajstić information content (AvgIpc) is 3.24. The zero-order valence-electron chi connectivity index (χ0n) is 13.3. The number of nitrogens with two attached hydrogens (primary N) is 1. The van der Waals surface area contributed by atoms with E-state index in [1.165, 1.54) is 6.42 Å². The summed E-state index contributed by atoms with van der Waals surface area (Å²) >= 11 is 1.72. The molecule has 0 aliphatic carbocycles. The van der Waals surface area contributed by atoms with Crippen molar-refractivity contribution in [3.63, 3.8) is 0 Å². The number of rotatable bonds is 7. The van der Waals surface area contributed by atoms with Gasteiger partial charge in [0.25, 0.3) is 0 Å². The lowest BCUT2D eigenvalue weighted by atomic mass is 10.1. The first-order valence-electron chi connectivity index (χ1n) is 7.81. The van der Waals surface area contributed by atoms with Crippen molar-refractivity contribution < 1.29 is 9.47 Å². The molecule has 1 saturated heterocycles. The third-order valence-electron chi connectivity index (χ3n) is 3.99. The predicted molar refractivity (Wildman–Crippen MR) is 90.1 cm³/mol. The minimum Gasteiger partial charge on any atom is -0.497 e. The van der Waals surface area contributed by atoms with Gasteiger partial charge < -0.3 is 15.2 Å². The minimum absolute atomic E-state index is 0.357. The predicted octanol–water partition coefficient (Wildman–Crippen LogP) is 2.25. The van der Waals surface area contributed by atoms with Gasteiger partial charge >= 0.3 is 0 Å². The lowest BCUT2D eigenvalue weighted by Gasteiger charge is -2.11. The maximum absolute atomic E-state index is 5.81. The molecule has 3 rings (SSSR count). The molecule has 2 heterocycles. The Labute approximate surface area is 140 Å². The van der Waals surface area contributed by atoms with Crippen LogP contribution in [0.3, 0.4) is 0 Å². The van der Waals surface area contributed by atoms with Crippen molar-refractivity contribution in [3.05, 3.63) is 30.1 Å². The van der Waals surface area contributed by atoms with Crippen LogP contribution in [0.2, 0.25) is 0 Å². The summed E-state index contributed by atoms with van der Waals surface area (Å²) in [4.78, 5) is 0. The van der Waals surface area contributed by atoms with Gasteiger partial charge in [-0.05, 0) is 43.0 Å². The highest BCUT2D eigenvalue weighted by Crippen LogP contribution is 2.26. The Morgan fingerprint density at radius 2 is 2.17 bits per heavy atom. The number of aromatic nitrogens is 3. The number of hydrogen-bond donors (Lipinski definition) is 1. The SMILES string of the molecule is COc1ccc(-n2c(CN)nnc2SCCC2CCOC2)cc1. The summed E-state index contributed by atoms with van der Waals surface area (Å²) in [5.74, 6) is 3.27. The second-order valence-electron chi connectivity index (χ2n) is 5.50. The molecular weight excluding hydrogens is 312 g/mol. The number of ether oxygens (including phenoxy) is 2. The van der Waals surface area contributed by atoms with Crippen LogP contribution in [-0.4, -0.2) is 40.8 Å². The summed E-state index contributed by atoms with van der Waals surface area (Å²) in [6, 6.07) is 7.85. The van der Waals surface area contributed by atoms with E-state index < -0.39 is 0 Å². The molecule has 23 heavy (non-hydrogen) atoms. The first-order valence-corrected chi connectivity index (χ1v) is 8.79. The lowest BCUT2D eigenvalue weighted by Crippen LogP contribution is -2.08. The van der Waals surface area contributed by atoms with Gasteiger partial charge in [0, 0.05) is 24.7 Å². The van der Waals surface area contributed by atoms with Crippen molar-refractivity contribution in [2.75, 3.05) is 26.1 Å². The van der Waals surface area contributed by atoms with E-state index >= 15 is 0 Å². The van der Waals surface area contributed by atoms with Gasteiger partial charge in [0.2, 0.25) is 0 Å². The largest absolute Gasteiger partial charge is 0.497 e. The molecule has 0 amide bonds. The van der Waals surface area contributed by atoms with Crippen LogP contribution in [-0.2, 0) is 11.3 Å². The molecule has 1 aromatic heterocycles. The van der Waals surface area contributed by atoms with Crippen molar-refractivity contribution in [2.24, 2.45) is 11.7 Å². The molecule has 1 fully saturated rings. The smallest absolute Gasteiger partial charge is 0.195 e. The third-order valence-corrected chi connectivity index (χ3v) is 4.96. The van der Waals surface area contributed by atoms with Gasteiger partial charge in [-0.3, -0.25) is 4.57 Å². The van der Waals surface area contributed by atoms with Crippen molar-refractivity contribution in [1.29, 1.82) is 0 Å². The Morgan fingerprint density at radius 1 is 1.35 bits per heavy atom. The Hall–Kier alpha value is -1.57. The Kier molecular flexibility index (Phi) is 5.53. The van der Waals surface area contributed by atoms with Crippen LogP contribution >= 0.6 is 11.8 Å². The molecule has 2 N–H and O–H groups in total. The standard InChI is InChI=1S/C16H22N4O2S/c1-21-14-4-2-13(3-5-14)20-15(10-17)18-19-16(20)23-9-7-12-6-8-22-11-12/h2-5,12H,6-11,17H2,1H3. The van der Waals surface area contributed by atoms with Crippen molar-refractivity contribution in [2.45, 2.75) is 24.5 Å². The van der Waals surface area contributed by atoms with Crippen molar-refractivity contribution >= 4 is 11.8 Å². The second-order valence-corrected chi connectivity index (χ2v) is 6.57. The van der Waals surface area contributed by atoms with Crippen LogP contribution < -0.4 is 10.5 Å². The van der Waals surface area contributed by atoms with E-state index in [4.69, 9.17) is 15.2 Å². The topological polar surface area (TPSA) is 75.2 Å². The number of nitrogens with zero attached hydrogens (tertiary/aromatic N) is 3. The fourth-order valence-electron chi connectivity index (χ4n) is 2.64. The molecule has 0 bridgehead atoms. The second kappa shape index (κ2) is 7.81. The minimum atomic E-state index is 0.357. The molecule has 0 spiro atoms. The maximum atomic E-state index is 5.81. The molecule has 1 aliphatic heterocycles. The third kappa shape index (κ3) is 3.85. The average molecular weight is 334 g/mol. The summed E-state index contributed by atoms with van der Waals surface area (Å²) in [6.07, 6.45) is 2.30. The molecule has 2 aromatic rings. The number of methoxy groups -OCH3 is 1. The van der Waals surface area contributed by atoms with E-state index in [2.05, 4.69) is 10.2 Å². The van der Waals surface area contributed by atoms with Gasteiger partial charge in [-0.15, -0.1) is 10.2 Å². The van der Waals surface area contributed by atoms with E-state index in [9.17, 15) is 0 Å². The highest BCUT2D eigenvalue weighted by Gasteiger charge is 2.17. The number of hydrogen-bond acceptors (Lipinski definition) is 6. The van der Waals surface area contributed by atoms with Gasteiger partial charge in [0.05, 0.1) is 13.7 Å². The summed E-state index contributed by atoms with van der Waals surface area (Å²) in [7, 11) is 1.66. The molecule has 1 aromatic carbocycles. The van der Waals surface area contributed by atoms with Crippen LogP contribution in [0.15, 0.2) is 29.4 Å². The normalized spacial score (nSPS) is 17.6. The van der Waals surface area contributed by atoms with Crippen LogP contribution in [0, 0.1) is 5.92 Å². The molecule has 1 aliphatic rings. The van der Waals surface area contributed by atoms with Crippen LogP contribution in [0.25, 0.3) is 5.69 Å². The van der Waals surface area contributed by atoms with E-state index in [1.54, 1.807) is 18.9 Å². The number of thioether (sulfide) groups is 1. The van der Waals surface area contributed by atoms with Crippen LogP contribution in [0.4, 0.5) is 0 Å². The summed E-state index contributed by atoms with van der Waals surface area (Å²) in [5, 5.41) is 9.40. The van der Waals surface area contributed by atoms with Crippen molar-refractivity contribution in [1.82, 2.24) is 14.8 Å². The molecule has 7 heteroatoms. The summed E-state index contributed by atoms with van der Waals surface area (Å²) < 4.78 is 12.7. The van der Waals surface area contributed by atoms with Crippen LogP contribution in [0.1, 0.15) is 18.7 Å². The van der Waals surface area contributed by atoms with E-state index in [-0.39, 0.29) is 0 Å². The van der Waals surface area contributed by atoms with Gasteiger partial charge in [-0.1, -0.05) is 11.8 Å². The Bertz CT molecular complexity index is 624. The molecule has 6 nitrogen and oxygen atoms in total. The van der Waals surface area contributed by atoms with Gasteiger partial charge in [0.1, 0.15) is 5.75 Å². The van der Waals surface area contributed by atoms with Gasteiger partial charge in [-0.25, -0.2) is 0 Å². The Balaban J connectivity index is 1.73. The van der Waals surface area contributed by atoms with Gasteiger partial charge in [-0.2, -0.15) is 0 Å². The van der Waals surface area contributed by atoms with E-state index in [0.29, 0.717) is 12.5 Å². The van der Waals surface area contributed by atoms with Gasteiger partial charge in [0.15, 0.2) is 11.0 Å². The molecule has 0 radical (unpaired) electrons. The molecule has 1 atom stereocenters. The molecule has 0 saturated carbocycles.